The summed E-state index contributed by atoms with van der Waals surface area (Å²) in [4.78, 5) is 26.2. The Labute approximate surface area is 153 Å². The molecular weight excluding hydrogens is 344 g/mol. The zero-order valence-corrected chi connectivity index (χ0v) is 14.0. The molecule has 0 aliphatic rings. The van der Waals surface area contributed by atoms with Crippen LogP contribution in [0.1, 0.15) is 15.9 Å². The zero-order valence-electron chi connectivity index (χ0n) is 14.0. The molecule has 4 rings (SSSR count). The van der Waals surface area contributed by atoms with E-state index in [-0.39, 0.29) is 39.3 Å². The molecule has 0 saturated carbocycles. The maximum absolute atomic E-state index is 13.1. The molecule has 0 radical (unpaired) electrons. The second-order valence-corrected chi connectivity index (χ2v) is 6.02. The van der Waals surface area contributed by atoms with E-state index in [2.05, 4.69) is 0 Å². The summed E-state index contributed by atoms with van der Waals surface area (Å²) in [5.74, 6) is -0.628. The van der Waals surface area contributed by atoms with E-state index in [0.29, 0.717) is 5.58 Å². The third kappa shape index (κ3) is 2.85. The number of phenols is 2. The second-order valence-electron chi connectivity index (χ2n) is 6.02. The molecule has 0 amide bonds. The van der Waals surface area contributed by atoms with Crippen LogP contribution in [0.25, 0.3) is 22.3 Å². The van der Waals surface area contributed by atoms with Gasteiger partial charge in [-0.05, 0) is 48.5 Å². The highest BCUT2D eigenvalue weighted by atomic mass is 16.3. The highest BCUT2D eigenvalue weighted by Gasteiger charge is 2.24. The van der Waals surface area contributed by atoms with Crippen LogP contribution in [-0.2, 0) is 0 Å². The van der Waals surface area contributed by atoms with Gasteiger partial charge in [0.05, 0.1) is 10.9 Å². The number of hydrogen-bond donors (Lipinski definition) is 2. The maximum atomic E-state index is 13.1. The minimum Gasteiger partial charge on any atom is -0.508 e. The molecule has 2 N–H and O–H groups in total. The zero-order chi connectivity index (χ0) is 19.0. The predicted octanol–water partition coefficient (Wildman–Crippen LogP) is 4.10. The van der Waals surface area contributed by atoms with Gasteiger partial charge in [-0.1, -0.05) is 24.3 Å². The summed E-state index contributed by atoms with van der Waals surface area (Å²) >= 11 is 0. The Bertz CT molecular complexity index is 1220. The van der Waals surface area contributed by atoms with Crippen LogP contribution in [0.15, 0.2) is 82.0 Å². The van der Waals surface area contributed by atoms with Crippen molar-refractivity contribution in [2.24, 2.45) is 0 Å². The van der Waals surface area contributed by atoms with Crippen LogP contribution in [0.3, 0.4) is 0 Å². The van der Waals surface area contributed by atoms with Crippen molar-refractivity contribution >= 4 is 16.8 Å². The standard InChI is InChI=1S/C22H14O5/c23-14-11-9-13(10-12-14)20(25)19-21(26)16-6-2-4-8-18(16)27-22(19)15-5-1-3-7-17(15)24/h1-12,23-24H. The average Bonchev–Trinajstić information content (AvgIpc) is 2.68. The van der Waals surface area contributed by atoms with Crippen molar-refractivity contribution in [3.05, 3.63) is 94.1 Å². The van der Waals surface area contributed by atoms with Crippen molar-refractivity contribution in [1.82, 2.24) is 0 Å². The normalized spacial score (nSPS) is 10.8. The van der Waals surface area contributed by atoms with Gasteiger partial charge >= 0.3 is 0 Å². The summed E-state index contributed by atoms with van der Waals surface area (Å²) in [6.07, 6.45) is 0. The number of fused-ring (bicyclic) bond motifs is 1. The number of rotatable bonds is 3. The Morgan fingerprint density at radius 1 is 0.815 bits per heavy atom. The van der Waals surface area contributed by atoms with E-state index in [1.54, 1.807) is 42.5 Å². The van der Waals surface area contributed by atoms with Crippen LogP contribution in [-0.4, -0.2) is 16.0 Å². The highest BCUT2D eigenvalue weighted by molar-refractivity contribution is 6.13. The van der Waals surface area contributed by atoms with Crippen molar-refractivity contribution in [2.75, 3.05) is 0 Å². The van der Waals surface area contributed by atoms with E-state index in [9.17, 15) is 19.8 Å². The smallest absolute Gasteiger partial charge is 0.204 e. The molecule has 27 heavy (non-hydrogen) atoms. The molecule has 1 heterocycles. The summed E-state index contributed by atoms with van der Waals surface area (Å²) in [6, 6.07) is 18.6. The monoisotopic (exact) mass is 358 g/mol. The predicted molar refractivity (Wildman–Crippen MR) is 101 cm³/mol. The van der Waals surface area contributed by atoms with Crippen molar-refractivity contribution in [3.8, 4) is 22.8 Å². The van der Waals surface area contributed by atoms with E-state index in [1.165, 1.54) is 30.3 Å². The lowest BCUT2D eigenvalue weighted by atomic mass is 9.97. The number of ketones is 1. The van der Waals surface area contributed by atoms with E-state index in [4.69, 9.17) is 4.42 Å². The van der Waals surface area contributed by atoms with Gasteiger partial charge in [0, 0.05) is 5.56 Å². The molecule has 0 unspecified atom stereocenters. The molecule has 0 aliphatic carbocycles. The molecule has 3 aromatic carbocycles. The van der Waals surface area contributed by atoms with Gasteiger partial charge in [0.1, 0.15) is 22.6 Å². The first-order valence-electron chi connectivity index (χ1n) is 8.24. The molecule has 5 heteroatoms. The Morgan fingerprint density at radius 2 is 1.48 bits per heavy atom. The molecule has 0 atom stereocenters. The van der Waals surface area contributed by atoms with Crippen LogP contribution < -0.4 is 5.43 Å². The third-order valence-corrected chi connectivity index (χ3v) is 4.30. The fraction of sp³-hybridized carbons (Fsp3) is 0. The lowest BCUT2D eigenvalue weighted by Gasteiger charge is -2.11. The molecule has 1 aromatic heterocycles. The second kappa shape index (κ2) is 6.46. The molecule has 0 aliphatic heterocycles. The minimum atomic E-state index is -0.548. The van der Waals surface area contributed by atoms with Crippen molar-refractivity contribution < 1.29 is 19.4 Å². The van der Waals surface area contributed by atoms with Crippen LogP contribution in [0.4, 0.5) is 0 Å². The number of aromatic hydroxyl groups is 2. The summed E-state index contributed by atoms with van der Waals surface area (Å²) in [7, 11) is 0. The van der Waals surface area contributed by atoms with Gasteiger partial charge in [0.15, 0.2) is 5.76 Å². The average molecular weight is 358 g/mol. The lowest BCUT2D eigenvalue weighted by molar-refractivity contribution is 0.103. The van der Waals surface area contributed by atoms with Gasteiger partial charge in [-0.25, -0.2) is 0 Å². The molecule has 0 spiro atoms. The maximum Gasteiger partial charge on any atom is 0.204 e. The minimum absolute atomic E-state index is 0.00914. The fourth-order valence-corrected chi connectivity index (χ4v) is 2.96. The summed E-state index contributed by atoms with van der Waals surface area (Å²) < 4.78 is 5.88. The number of phenolic OH excluding ortho intramolecular Hbond substituents is 2. The topological polar surface area (TPSA) is 87.7 Å². The van der Waals surface area contributed by atoms with Gasteiger partial charge < -0.3 is 14.6 Å². The van der Waals surface area contributed by atoms with Gasteiger partial charge in [-0.2, -0.15) is 0 Å². The molecule has 4 aromatic rings. The lowest BCUT2D eigenvalue weighted by Crippen LogP contribution is -2.18. The highest BCUT2D eigenvalue weighted by Crippen LogP contribution is 2.33. The quantitative estimate of drug-likeness (QED) is 0.538. The summed E-state index contributed by atoms with van der Waals surface area (Å²) in [5.41, 5.74) is 0.159. The van der Waals surface area contributed by atoms with Gasteiger partial charge in [-0.3, -0.25) is 9.59 Å². The molecule has 0 fully saturated rings. The Kier molecular flexibility index (Phi) is 3.97. The first-order valence-corrected chi connectivity index (χ1v) is 8.24. The number of carbonyl (C=O) groups is 1. The molecule has 132 valence electrons. The van der Waals surface area contributed by atoms with Crippen LogP contribution in [0.2, 0.25) is 0 Å². The number of hydrogen-bond acceptors (Lipinski definition) is 5. The molecule has 0 saturated heterocycles. The van der Waals surface area contributed by atoms with Crippen LogP contribution in [0, 0.1) is 0 Å². The van der Waals surface area contributed by atoms with E-state index < -0.39 is 11.2 Å². The molecular formula is C22H14O5. The molecule has 5 nitrogen and oxygen atoms in total. The Hall–Kier alpha value is -3.86. The summed E-state index contributed by atoms with van der Waals surface area (Å²) in [6.45, 7) is 0. The van der Waals surface area contributed by atoms with Crippen molar-refractivity contribution in [2.45, 2.75) is 0 Å². The number of para-hydroxylation sites is 2. The summed E-state index contributed by atoms with van der Waals surface area (Å²) in [5, 5.41) is 20.0. The van der Waals surface area contributed by atoms with E-state index >= 15 is 0 Å². The van der Waals surface area contributed by atoms with Gasteiger partial charge in [0.25, 0.3) is 0 Å². The number of carbonyl (C=O) groups excluding carboxylic acids is 1. The first-order chi connectivity index (χ1) is 13.1. The number of benzene rings is 3. The Morgan fingerprint density at radius 3 is 2.22 bits per heavy atom. The van der Waals surface area contributed by atoms with Crippen molar-refractivity contribution in [1.29, 1.82) is 0 Å². The molecule has 0 bridgehead atoms. The van der Waals surface area contributed by atoms with Gasteiger partial charge in [-0.15, -0.1) is 0 Å². The van der Waals surface area contributed by atoms with Gasteiger partial charge in [0.2, 0.25) is 11.2 Å². The SMILES string of the molecule is O=C(c1ccc(O)cc1)c1c(-c2ccccc2O)oc2ccccc2c1=O. The van der Waals surface area contributed by atoms with Crippen LogP contribution in [0.5, 0.6) is 11.5 Å². The van der Waals surface area contributed by atoms with E-state index in [0.717, 1.165) is 0 Å². The van der Waals surface area contributed by atoms with Crippen molar-refractivity contribution in [3.63, 3.8) is 0 Å². The van der Waals surface area contributed by atoms with Crippen LogP contribution >= 0.6 is 0 Å². The van der Waals surface area contributed by atoms with E-state index in [1.807, 2.05) is 0 Å². The first kappa shape index (κ1) is 16.6. The largest absolute Gasteiger partial charge is 0.508 e. The Balaban J connectivity index is 2.06. The third-order valence-electron chi connectivity index (χ3n) is 4.30. The fourth-order valence-electron chi connectivity index (χ4n) is 2.96.